The highest BCUT2D eigenvalue weighted by molar-refractivity contribution is 5.75. The quantitative estimate of drug-likeness (QED) is 0.0709. The molecule has 5 N–H and O–H groups in total. The van der Waals surface area contributed by atoms with Crippen LogP contribution in [0.1, 0.15) is 46.5 Å². The van der Waals surface area contributed by atoms with E-state index in [2.05, 4.69) is 42.8 Å². The van der Waals surface area contributed by atoms with Crippen molar-refractivity contribution in [3.63, 3.8) is 0 Å². The molecule has 8 heteroatoms. The molecular formula is C25H48N4O4. The molecule has 0 aromatic rings. The van der Waals surface area contributed by atoms with E-state index in [-0.39, 0.29) is 19.0 Å². The summed E-state index contributed by atoms with van der Waals surface area (Å²) in [6.07, 6.45) is 8.84. The first-order valence-electron chi connectivity index (χ1n) is 12.0. The minimum atomic E-state index is -0.895. The van der Waals surface area contributed by atoms with E-state index in [1.54, 1.807) is 18.0 Å². The molecule has 0 fully saturated rings. The molecule has 0 aromatic heterocycles. The summed E-state index contributed by atoms with van der Waals surface area (Å²) in [4.78, 5) is 14.8. The monoisotopic (exact) mass is 468 g/mol. The van der Waals surface area contributed by atoms with E-state index in [1.807, 2.05) is 14.0 Å². The van der Waals surface area contributed by atoms with Crippen LogP contribution in [-0.4, -0.2) is 91.7 Å². The van der Waals surface area contributed by atoms with Crippen molar-refractivity contribution in [2.75, 3.05) is 53.4 Å². The van der Waals surface area contributed by atoms with Gasteiger partial charge in [-0.3, -0.25) is 15.0 Å². The third-order valence-corrected chi connectivity index (χ3v) is 5.15. The molecule has 8 nitrogen and oxygen atoms in total. The molecule has 0 aliphatic carbocycles. The maximum atomic E-state index is 10.9. The van der Waals surface area contributed by atoms with Crippen LogP contribution >= 0.6 is 0 Å². The molecule has 3 unspecified atom stereocenters. The Kier molecular flexibility index (Phi) is 17.7. The molecule has 0 rings (SSSR count). The molecule has 33 heavy (non-hydrogen) atoms. The van der Waals surface area contributed by atoms with Gasteiger partial charge in [0.25, 0.3) is 0 Å². The van der Waals surface area contributed by atoms with Gasteiger partial charge in [0.1, 0.15) is 18.6 Å². The average molecular weight is 469 g/mol. The summed E-state index contributed by atoms with van der Waals surface area (Å²) < 4.78 is 5.57. The zero-order chi connectivity index (χ0) is 25.2. The third-order valence-electron chi connectivity index (χ3n) is 5.15. The van der Waals surface area contributed by atoms with Crippen LogP contribution in [0.3, 0.4) is 0 Å². The van der Waals surface area contributed by atoms with Crippen molar-refractivity contribution in [1.82, 2.24) is 15.1 Å². The fraction of sp³-hybridized carbons (Fsp3) is 0.720. The van der Waals surface area contributed by atoms with Gasteiger partial charge >= 0.3 is 0 Å². The van der Waals surface area contributed by atoms with Gasteiger partial charge in [-0.05, 0) is 44.5 Å². The second-order valence-corrected chi connectivity index (χ2v) is 8.83. The molecule has 0 aliphatic heterocycles. The van der Waals surface area contributed by atoms with Gasteiger partial charge in [-0.1, -0.05) is 52.3 Å². The van der Waals surface area contributed by atoms with Crippen LogP contribution in [0.5, 0.6) is 0 Å². The van der Waals surface area contributed by atoms with Crippen LogP contribution < -0.4 is 11.1 Å². The van der Waals surface area contributed by atoms with Crippen LogP contribution in [0, 0.1) is 5.92 Å². The van der Waals surface area contributed by atoms with Crippen molar-refractivity contribution in [2.45, 2.75) is 58.8 Å². The number of hydrogen-bond donors (Lipinski definition) is 4. The summed E-state index contributed by atoms with van der Waals surface area (Å²) >= 11 is 0. The van der Waals surface area contributed by atoms with Crippen molar-refractivity contribution in [3.8, 4) is 0 Å². The van der Waals surface area contributed by atoms with E-state index in [0.717, 1.165) is 18.5 Å². The minimum absolute atomic E-state index is 0.167. The topological polar surface area (TPSA) is 111 Å². The standard InChI is InChI=1S/C25H48N4O4/c1-7-9-10-11-12-20(3)17-29(6)18-23(30)16-27-25(32)22(8-2)15-21(4)33-14-13-28(5)19-24(26)31/h11-12,15,20,23,25,27,30,32H,4,7-10,13-14,16-19H2,1-3,5-6H3,(H2,26,31)/b12-11-,22-15+. The number of rotatable bonds is 20. The predicted molar refractivity (Wildman–Crippen MR) is 135 cm³/mol. The lowest BCUT2D eigenvalue weighted by Crippen LogP contribution is -2.42. The fourth-order valence-electron chi connectivity index (χ4n) is 3.38. The van der Waals surface area contributed by atoms with E-state index in [0.29, 0.717) is 37.8 Å². The molecule has 0 saturated heterocycles. The summed E-state index contributed by atoms with van der Waals surface area (Å²) in [6, 6.07) is 0. The van der Waals surface area contributed by atoms with Crippen LogP contribution in [0.2, 0.25) is 0 Å². The first-order chi connectivity index (χ1) is 15.6. The van der Waals surface area contributed by atoms with Crippen molar-refractivity contribution >= 4 is 5.91 Å². The number of allylic oxidation sites excluding steroid dienone is 2. The number of unbranched alkanes of at least 4 members (excludes halogenated alkanes) is 2. The number of carbonyl (C=O) groups excluding carboxylic acids is 1. The average Bonchev–Trinajstić information content (AvgIpc) is 2.72. The van der Waals surface area contributed by atoms with Gasteiger partial charge in [-0.2, -0.15) is 0 Å². The lowest BCUT2D eigenvalue weighted by Gasteiger charge is -2.24. The van der Waals surface area contributed by atoms with Crippen molar-refractivity contribution in [1.29, 1.82) is 0 Å². The summed E-state index contributed by atoms with van der Waals surface area (Å²) in [6.45, 7) is 12.9. The lowest BCUT2D eigenvalue weighted by molar-refractivity contribution is -0.118. The largest absolute Gasteiger partial charge is 0.493 e. The molecule has 0 aliphatic rings. The molecule has 1 amide bonds. The summed E-state index contributed by atoms with van der Waals surface area (Å²) in [5.41, 5.74) is 5.88. The van der Waals surface area contributed by atoms with E-state index >= 15 is 0 Å². The van der Waals surface area contributed by atoms with Crippen LogP contribution in [0.25, 0.3) is 0 Å². The number of nitrogens with zero attached hydrogens (tertiary/aromatic N) is 2. The summed E-state index contributed by atoms with van der Waals surface area (Å²) in [5, 5.41) is 23.8. The van der Waals surface area contributed by atoms with Gasteiger partial charge in [0.2, 0.25) is 5.91 Å². The first-order valence-corrected chi connectivity index (χ1v) is 12.0. The van der Waals surface area contributed by atoms with Crippen LogP contribution in [-0.2, 0) is 9.53 Å². The Hall–Kier alpha value is -1.71. The summed E-state index contributed by atoms with van der Waals surface area (Å²) in [5.74, 6) is 0.469. The minimum Gasteiger partial charge on any atom is -0.493 e. The molecule has 0 aromatic carbocycles. The Morgan fingerprint density at radius 1 is 1.21 bits per heavy atom. The number of primary amides is 1. The Morgan fingerprint density at radius 2 is 1.91 bits per heavy atom. The molecule has 3 atom stereocenters. The highest BCUT2D eigenvalue weighted by Crippen LogP contribution is 2.10. The first kappa shape index (κ1) is 31.3. The molecule has 0 spiro atoms. The Balaban J connectivity index is 4.37. The van der Waals surface area contributed by atoms with E-state index < -0.39 is 12.3 Å². The van der Waals surface area contributed by atoms with Crippen LogP contribution in [0.15, 0.2) is 36.1 Å². The smallest absolute Gasteiger partial charge is 0.231 e. The van der Waals surface area contributed by atoms with Gasteiger partial charge < -0.3 is 25.6 Å². The van der Waals surface area contributed by atoms with Gasteiger partial charge in [0.05, 0.1) is 12.6 Å². The molecule has 192 valence electrons. The molecular weight excluding hydrogens is 420 g/mol. The number of amides is 1. The van der Waals surface area contributed by atoms with Crippen molar-refractivity contribution in [3.05, 3.63) is 36.1 Å². The van der Waals surface area contributed by atoms with Gasteiger partial charge in [0, 0.05) is 26.2 Å². The van der Waals surface area contributed by atoms with Gasteiger partial charge in [-0.25, -0.2) is 0 Å². The Labute approximate surface area is 201 Å². The Bertz CT molecular complexity index is 609. The summed E-state index contributed by atoms with van der Waals surface area (Å²) in [7, 11) is 3.78. The zero-order valence-corrected chi connectivity index (χ0v) is 21.4. The third kappa shape index (κ3) is 17.4. The van der Waals surface area contributed by atoms with E-state index in [4.69, 9.17) is 10.5 Å². The number of hydrogen-bond acceptors (Lipinski definition) is 7. The SMILES string of the molecule is C=C(/C=C(\CC)C(O)NCC(O)CN(C)CC(C)/C=C\CCCC)OCCN(C)CC(N)=O. The maximum Gasteiger partial charge on any atom is 0.231 e. The number of aliphatic hydroxyl groups excluding tert-OH is 2. The predicted octanol–water partition coefficient (Wildman–Crippen LogP) is 1.85. The second kappa shape index (κ2) is 18.7. The van der Waals surface area contributed by atoms with Crippen molar-refractivity contribution < 1.29 is 19.7 Å². The maximum absolute atomic E-state index is 10.9. The van der Waals surface area contributed by atoms with E-state index in [1.165, 1.54) is 12.8 Å². The lowest BCUT2D eigenvalue weighted by atomic mass is 10.1. The normalized spacial score (nSPS) is 15.2. The molecule has 0 radical (unpaired) electrons. The van der Waals surface area contributed by atoms with Crippen LogP contribution in [0.4, 0.5) is 0 Å². The fourth-order valence-corrected chi connectivity index (χ4v) is 3.38. The van der Waals surface area contributed by atoms with E-state index in [9.17, 15) is 15.0 Å². The number of ether oxygens (including phenoxy) is 1. The zero-order valence-electron chi connectivity index (χ0n) is 21.4. The number of aliphatic hydroxyl groups is 2. The number of likely N-dealkylation sites (N-methyl/N-ethyl adjacent to an activating group) is 2. The highest BCUT2D eigenvalue weighted by atomic mass is 16.5. The number of nitrogens with two attached hydrogens (primary N) is 1. The number of nitrogens with one attached hydrogen (secondary N) is 1. The Morgan fingerprint density at radius 3 is 2.52 bits per heavy atom. The molecule has 0 heterocycles. The number of carbonyl (C=O) groups is 1. The van der Waals surface area contributed by atoms with Crippen molar-refractivity contribution in [2.24, 2.45) is 11.7 Å². The second-order valence-electron chi connectivity index (χ2n) is 8.83. The van der Waals surface area contributed by atoms with Gasteiger partial charge in [0.15, 0.2) is 0 Å². The molecule has 0 bridgehead atoms. The van der Waals surface area contributed by atoms with Gasteiger partial charge in [-0.15, -0.1) is 0 Å². The highest BCUT2D eigenvalue weighted by Gasteiger charge is 2.14. The molecule has 0 saturated carbocycles.